The first-order valence-corrected chi connectivity index (χ1v) is 10.7. The molecule has 1 saturated heterocycles. The maximum absolute atomic E-state index is 12.6. The van der Waals surface area contributed by atoms with Gasteiger partial charge in [-0.05, 0) is 30.5 Å². The van der Waals surface area contributed by atoms with Crippen LogP contribution in [0.2, 0.25) is 0 Å². The molecule has 1 fully saturated rings. The fourth-order valence-corrected chi connectivity index (χ4v) is 3.90. The van der Waals surface area contributed by atoms with Crippen LogP contribution in [0.5, 0.6) is 0 Å². The highest BCUT2D eigenvalue weighted by molar-refractivity contribution is 5.79. The number of anilines is 1. The fourth-order valence-electron chi connectivity index (χ4n) is 3.90. The third-order valence-corrected chi connectivity index (χ3v) is 5.59. The largest absolute Gasteiger partial charge is 0.369 e. The number of hydrogen-bond acceptors (Lipinski definition) is 5. The molecular weight excluding hydrogens is 390 g/mol. The second kappa shape index (κ2) is 10.0. The Morgan fingerprint density at radius 3 is 2.74 bits per heavy atom. The quantitative estimate of drug-likeness (QED) is 0.638. The Labute approximate surface area is 181 Å². The predicted octanol–water partition coefficient (Wildman–Crippen LogP) is 2.26. The molecule has 1 amide bonds. The SMILES string of the molecule is O=C(NCCc1ccccn1)[C@H]1CCCN(c2cnn(Cc3ccccc3)c(=O)c2)C1. The van der Waals surface area contributed by atoms with Crippen LogP contribution < -0.4 is 15.8 Å². The Balaban J connectivity index is 1.34. The summed E-state index contributed by atoms with van der Waals surface area (Å²) in [5.41, 5.74) is 2.64. The third-order valence-electron chi connectivity index (χ3n) is 5.59. The minimum Gasteiger partial charge on any atom is -0.369 e. The van der Waals surface area contributed by atoms with Gasteiger partial charge in [0.2, 0.25) is 5.91 Å². The summed E-state index contributed by atoms with van der Waals surface area (Å²) in [5.74, 6) is -0.0322. The van der Waals surface area contributed by atoms with E-state index in [-0.39, 0.29) is 17.4 Å². The molecular formula is C24H27N5O2. The number of carbonyl (C=O) groups is 1. The summed E-state index contributed by atoms with van der Waals surface area (Å²) in [4.78, 5) is 31.6. The fraction of sp³-hybridized carbons (Fsp3) is 0.333. The van der Waals surface area contributed by atoms with Crippen molar-refractivity contribution in [3.63, 3.8) is 0 Å². The Morgan fingerprint density at radius 2 is 1.97 bits per heavy atom. The van der Waals surface area contributed by atoms with Crippen LogP contribution in [0, 0.1) is 5.92 Å². The van der Waals surface area contributed by atoms with Gasteiger partial charge in [-0.2, -0.15) is 5.10 Å². The lowest BCUT2D eigenvalue weighted by atomic mass is 9.96. The van der Waals surface area contributed by atoms with E-state index in [4.69, 9.17) is 0 Å². The van der Waals surface area contributed by atoms with Crippen molar-refractivity contribution >= 4 is 11.6 Å². The van der Waals surface area contributed by atoms with Crippen LogP contribution in [0.1, 0.15) is 24.1 Å². The number of carbonyl (C=O) groups excluding carboxylic acids is 1. The molecule has 0 bridgehead atoms. The van der Waals surface area contributed by atoms with E-state index in [1.54, 1.807) is 18.5 Å². The number of benzene rings is 1. The van der Waals surface area contributed by atoms with Gasteiger partial charge in [-0.15, -0.1) is 0 Å². The molecule has 0 saturated carbocycles. The summed E-state index contributed by atoms with van der Waals surface area (Å²) in [5, 5.41) is 7.39. The standard InChI is InChI=1S/C24H27N5O2/c30-23-15-22(16-27-29(23)17-19-7-2-1-3-8-19)28-14-6-9-20(18-28)24(31)26-13-11-21-10-4-5-12-25-21/h1-5,7-8,10,12,15-16,20H,6,9,11,13-14,17-18H2,(H,26,31)/t20-/m0/s1. The zero-order valence-corrected chi connectivity index (χ0v) is 17.5. The van der Waals surface area contributed by atoms with Gasteiger partial charge < -0.3 is 10.2 Å². The van der Waals surface area contributed by atoms with Crippen molar-refractivity contribution in [2.75, 3.05) is 24.5 Å². The molecule has 0 aliphatic carbocycles. The van der Waals surface area contributed by atoms with Crippen LogP contribution in [0.15, 0.2) is 71.8 Å². The van der Waals surface area contributed by atoms with Gasteiger partial charge in [0, 0.05) is 44.0 Å². The van der Waals surface area contributed by atoms with Gasteiger partial charge in [0.05, 0.1) is 24.3 Å². The Kier molecular flexibility index (Phi) is 6.72. The summed E-state index contributed by atoms with van der Waals surface area (Å²) in [7, 11) is 0. The minimum absolute atomic E-state index is 0.0611. The zero-order valence-electron chi connectivity index (χ0n) is 17.5. The predicted molar refractivity (Wildman–Crippen MR) is 120 cm³/mol. The summed E-state index contributed by atoms with van der Waals surface area (Å²) in [6.45, 7) is 2.44. The van der Waals surface area contributed by atoms with Crippen molar-refractivity contribution in [3.8, 4) is 0 Å². The van der Waals surface area contributed by atoms with Crippen LogP contribution in [-0.2, 0) is 17.8 Å². The van der Waals surface area contributed by atoms with Crippen LogP contribution in [0.3, 0.4) is 0 Å². The smallest absolute Gasteiger partial charge is 0.269 e. The van der Waals surface area contributed by atoms with Crippen molar-refractivity contribution < 1.29 is 4.79 Å². The van der Waals surface area contributed by atoms with Gasteiger partial charge in [-0.25, -0.2) is 4.68 Å². The number of rotatable bonds is 7. The molecule has 3 heterocycles. The number of aromatic nitrogens is 3. The molecule has 1 atom stereocenters. The number of nitrogens with one attached hydrogen (secondary N) is 1. The van der Waals surface area contributed by atoms with E-state index in [1.165, 1.54) is 4.68 Å². The summed E-state index contributed by atoms with van der Waals surface area (Å²) >= 11 is 0. The highest BCUT2D eigenvalue weighted by atomic mass is 16.2. The Morgan fingerprint density at radius 1 is 1.13 bits per heavy atom. The molecule has 1 aliphatic rings. The average molecular weight is 418 g/mol. The number of nitrogens with zero attached hydrogens (tertiary/aromatic N) is 4. The normalized spacial score (nSPS) is 16.1. The lowest BCUT2D eigenvalue weighted by Gasteiger charge is -2.33. The lowest BCUT2D eigenvalue weighted by Crippen LogP contribution is -2.44. The molecule has 7 heteroatoms. The van der Waals surface area contributed by atoms with Crippen molar-refractivity contribution in [2.45, 2.75) is 25.8 Å². The molecule has 1 aromatic carbocycles. The maximum atomic E-state index is 12.6. The summed E-state index contributed by atoms with van der Waals surface area (Å²) in [6.07, 6.45) is 5.96. The van der Waals surface area contributed by atoms with Crippen molar-refractivity contribution in [3.05, 3.63) is 88.6 Å². The Hall–Kier alpha value is -3.48. The molecule has 0 unspecified atom stereocenters. The highest BCUT2D eigenvalue weighted by Gasteiger charge is 2.26. The van der Waals surface area contributed by atoms with E-state index >= 15 is 0 Å². The second-order valence-electron chi connectivity index (χ2n) is 7.84. The first-order chi connectivity index (χ1) is 15.2. The van der Waals surface area contributed by atoms with E-state index in [0.29, 0.717) is 26.1 Å². The monoisotopic (exact) mass is 417 g/mol. The molecule has 31 heavy (non-hydrogen) atoms. The average Bonchev–Trinajstić information content (AvgIpc) is 2.82. The van der Waals surface area contributed by atoms with Gasteiger partial charge >= 0.3 is 0 Å². The lowest BCUT2D eigenvalue weighted by molar-refractivity contribution is -0.125. The van der Waals surface area contributed by atoms with Crippen molar-refractivity contribution in [1.29, 1.82) is 0 Å². The minimum atomic E-state index is -0.136. The van der Waals surface area contributed by atoms with Crippen LogP contribution in [0.25, 0.3) is 0 Å². The van der Waals surface area contributed by atoms with Gasteiger partial charge in [0.25, 0.3) is 5.56 Å². The van der Waals surface area contributed by atoms with Gasteiger partial charge in [0.1, 0.15) is 0 Å². The highest BCUT2D eigenvalue weighted by Crippen LogP contribution is 2.22. The maximum Gasteiger partial charge on any atom is 0.269 e. The number of pyridine rings is 1. The first-order valence-electron chi connectivity index (χ1n) is 10.7. The molecule has 1 N–H and O–H groups in total. The number of piperidine rings is 1. The van der Waals surface area contributed by atoms with E-state index in [1.807, 2.05) is 48.5 Å². The van der Waals surface area contributed by atoms with E-state index in [2.05, 4.69) is 20.3 Å². The van der Waals surface area contributed by atoms with Crippen LogP contribution in [-0.4, -0.2) is 40.3 Å². The number of amides is 1. The van der Waals surface area contributed by atoms with Gasteiger partial charge in [-0.1, -0.05) is 36.4 Å². The molecule has 1 aliphatic heterocycles. The van der Waals surface area contributed by atoms with Crippen LogP contribution >= 0.6 is 0 Å². The molecule has 0 spiro atoms. The molecule has 160 valence electrons. The molecule has 2 aromatic heterocycles. The molecule has 4 rings (SSSR count). The third kappa shape index (κ3) is 5.57. The summed E-state index contributed by atoms with van der Waals surface area (Å²) < 4.78 is 1.46. The molecule has 7 nitrogen and oxygen atoms in total. The second-order valence-corrected chi connectivity index (χ2v) is 7.84. The summed E-state index contributed by atoms with van der Waals surface area (Å²) in [6, 6.07) is 17.2. The van der Waals surface area contributed by atoms with E-state index in [9.17, 15) is 9.59 Å². The molecule has 3 aromatic rings. The number of hydrogen-bond donors (Lipinski definition) is 1. The van der Waals surface area contributed by atoms with E-state index in [0.717, 1.165) is 36.3 Å². The Bertz CT molecular complexity index is 1050. The zero-order chi connectivity index (χ0) is 21.5. The van der Waals surface area contributed by atoms with E-state index < -0.39 is 0 Å². The van der Waals surface area contributed by atoms with Gasteiger partial charge in [-0.3, -0.25) is 14.6 Å². The van der Waals surface area contributed by atoms with Gasteiger partial charge in [0.15, 0.2) is 0 Å². The first kappa shape index (κ1) is 20.8. The van der Waals surface area contributed by atoms with Crippen molar-refractivity contribution in [1.82, 2.24) is 20.1 Å². The van der Waals surface area contributed by atoms with Crippen molar-refractivity contribution in [2.24, 2.45) is 5.92 Å². The molecule has 0 radical (unpaired) electrons. The van der Waals surface area contributed by atoms with Crippen LogP contribution in [0.4, 0.5) is 5.69 Å². The topological polar surface area (TPSA) is 80.1 Å².